The van der Waals surface area contributed by atoms with Crippen molar-refractivity contribution in [2.24, 2.45) is 0 Å². The van der Waals surface area contributed by atoms with E-state index in [2.05, 4.69) is 6.92 Å². The van der Waals surface area contributed by atoms with Gasteiger partial charge in [-0.15, -0.1) is 0 Å². The highest BCUT2D eigenvalue weighted by molar-refractivity contribution is 5.80. The third-order valence-corrected chi connectivity index (χ3v) is 1.68. The number of carbonyl (C=O) groups is 1. The second-order valence-corrected chi connectivity index (χ2v) is 2.42. The van der Waals surface area contributed by atoms with Gasteiger partial charge in [0.15, 0.2) is 5.78 Å². The normalized spacial score (nSPS) is 28.6. The fourth-order valence-corrected chi connectivity index (χ4v) is 1.01. The SMILES string of the molecule is CCC1CCC(=O)CO1. The Balaban J connectivity index is 2.26. The van der Waals surface area contributed by atoms with Crippen molar-refractivity contribution in [3.05, 3.63) is 0 Å². The maximum atomic E-state index is 10.6. The van der Waals surface area contributed by atoms with Crippen LogP contribution < -0.4 is 0 Å². The lowest BCUT2D eigenvalue weighted by Gasteiger charge is -2.19. The molecule has 1 saturated heterocycles. The highest BCUT2D eigenvalue weighted by Crippen LogP contribution is 2.12. The summed E-state index contributed by atoms with van der Waals surface area (Å²) in [5, 5.41) is 0. The summed E-state index contributed by atoms with van der Waals surface area (Å²) < 4.78 is 5.19. The second kappa shape index (κ2) is 2.97. The Morgan fingerprint density at radius 2 is 2.56 bits per heavy atom. The number of ether oxygens (including phenoxy) is 1. The summed E-state index contributed by atoms with van der Waals surface area (Å²) in [4.78, 5) is 10.6. The Bertz CT molecular complexity index is 99.5. The van der Waals surface area contributed by atoms with E-state index in [0.717, 1.165) is 19.3 Å². The van der Waals surface area contributed by atoms with Crippen molar-refractivity contribution in [2.75, 3.05) is 6.61 Å². The van der Waals surface area contributed by atoms with E-state index in [1.807, 2.05) is 0 Å². The van der Waals surface area contributed by atoms with Crippen molar-refractivity contribution in [1.29, 1.82) is 0 Å². The van der Waals surface area contributed by atoms with Crippen LogP contribution >= 0.6 is 0 Å². The maximum Gasteiger partial charge on any atom is 0.158 e. The van der Waals surface area contributed by atoms with Crippen molar-refractivity contribution in [3.63, 3.8) is 0 Å². The third kappa shape index (κ3) is 1.79. The zero-order valence-electron chi connectivity index (χ0n) is 5.72. The highest BCUT2D eigenvalue weighted by atomic mass is 16.5. The summed E-state index contributed by atoms with van der Waals surface area (Å²) >= 11 is 0. The van der Waals surface area contributed by atoms with Crippen molar-refractivity contribution in [2.45, 2.75) is 32.3 Å². The Morgan fingerprint density at radius 1 is 1.78 bits per heavy atom. The lowest BCUT2D eigenvalue weighted by atomic mass is 10.1. The number of hydrogen-bond acceptors (Lipinski definition) is 2. The molecule has 1 aliphatic rings. The predicted octanol–water partition coefficient (Wildman–Crippen LogP) is 1.14. The summed E-state index contributed by atoms with van der Waals surface area (Å²) in [7, 11) is 0. The lowest BCUT2D eigenvalue weighted by Crippen LogP contribution is -2.24. The molecule has 2 nitrogen and oxygen atoms in total. The van der Waals surface area contributed by atoms with Gasteiger partial charge in [-0.2, -0.15) is 0 Å². The van der Waals surface area contributed by atoms with E-state index in [-0.39, 0.29) is 5.78 Å². The van der Waals surface area contributed by atoms with Gasteiger partial charge in [0.1, 0.15) is 6.61 Å². The van der Waals surface area contributed by atoms with Crippen LogP contribution in [0, 0.1) is 0 Å². The van der Waals surface area contributed by atoms with E-state index >= 15 is 0 Å². The maximum absolute atomic E-state index is 10.6. The molecule has 1 aliphatic heterocycles. The van der Waals surface area contributed by atoms with Gasteiger partial charge in [-0.3, -0.25) is 4.79 Å². The molecule has 1 unspecified atom stereocenters. The molecule has 0 radical (unpaired) electrons. The summed E-state index contributed by atoms with van der Waals surface area (Å²) in [6.45, 7) is 2.43. The van der Waals surface area contributed by atoms with Crippen LogP contribution in [0.1, 0.15) is 26.2 Å². The molecular weight excluding hydrogens is 116 g/mol. The van der Waals surface area contributed by atoms with E-state index in [1.54, 1.807) is 0 Å². The first-order valence-corrected chi connectivity index (χ1v) is 3.46. The van der Waals surface area contributed by atoms with Gasteiger partial charge in [0, 0.05) is 6.42 Å². The molecule has 1 rings (SSSR count). The van der Waals surface area contributed by atoms with Gasteiger partial charge in [0.2, 0.25) is 0 Å². The fourth-order valence-electron chi connectivity index (χ4n) is 1.01. The first-order valence-electron chi connectivity index (χ1n) is 3.46. The molecule has 0 bridgehead atoms. The molecule has 1 fully saturated rings. The molecule has 52 valence electrons. The van der Waals surface area contributed by atoms with Gasteiger partial charge >= 0.3 is 0 Å². The molecule has 1 heterocycles. The molecule has 0 spiro atoms. The quantitative estimate of drug-likeness (QED) is 0.529. The Hall–Kier alpha value is -0.370. The molecule has 0 amide bonds. The van der Waals surface area contributed by atoms with Gasteiger partial charge in [-0.1, -0.05) is 6.92 Å². The van der Waals surface area contributed by atoms with Gasteiger partial charge in [0.25, 0.3) is 0 Å². The zero-order valence-corrected chi connectivity index (χ0v) is 5.72. The molecule has 2 heteroatoms. The third-order valence-electron chi connectivity index (χ3n) is 1.68. The second-order valence-electron chi connectivity index (χ2n) is 2.42. The Morgan fingerprint density at radius 3 is 3.00 bits per heavy atom. The Kier molecular flexibility index (Phi) is 2.22. The number of ketones is 1. The summed E-state index contributed by atoms with van der Waals surface area (Å²) in [5.74, 6) is 0.250. The lowest BCUT2D eigenvalue weighted by molar-refractivity contribution is -0.131. The largest absolute Gasteiger partial charge is 0.370 e. The minimum Gasteiger partial charge on any atom is -0.370 e. The molecule has 1 atom stereocenters. The first kappa shape index (κ1) is 6.75. The van der Waals surface area contributed by atoms with E-state index in [9.17, 15) is 4.79 Å². The number of hydrogen-bond donors (Lipinski definition) is 0. The van der Waals surface area contributed by atoms with Gasteiger partial charge in [-0.25, -0.2) is 0 Å². The molecule has 0 aliphatic carbocycles. The Labute approximate surface area is 55.2 Å². The summed E-state index contributed by atoms with van der Waals surface area (Å²) in [6.07, 6.45) is 3.03. The zero-order chi connectivity index (χ0) is 6.69. The van der Waals surface area contributed by atoms with Crippen molar-refractivity contribution in [1.82, 2.24) is 0 Å². The van der Waals surface area contributed by atoms with Gasteiger partial charge in [0.05, 0.1) is 6.10 Å². The van der Waals surface area contributed by atoms with Crippen LogP contribution in [0.2, 0.25) is 0 Å². The minimum absolute atomic E-state index is 0.250. The van der Waals surface area contributed by atoms with Gasteiger partial charge < -0.3 is 4.74 Å². The van der Waals surface area contributed by atoms with Crippen molar-refractivity contribution in [3.8, 4) is 0 Å². The molecular formula is C7H12O2. The fraction of sp³-hybridized carbons (Fsp3) is 0.857. The number of Topliss-reactive ketones (excluding diaryl/α,β-unsaturated/α-hetero) is 1. The van der Waals surface area contributed by atoms with Crippen LogP contribution in [0.25, 0.3) is 0 Å². The minimum atomic E-state index is 0.250. The monoisotopic (exact) mass is 128 g/mol. The van der Waals surface area contributed by atoms with E-state index in [0.29, 0.717) is 12.7 Å². The predicted molar refractivity (Wildman–Crippen MR) is 34.3 cm³/mol. The van der Waals surface area contributed by atoms with Crippen molar-refractivity contribution < 1.29 is 9.53 Å². The summed E-state index contributed by atoms with van der Waals surface area (Å²) in [6, 6.07) is 0. The molecule has 0 saturated carbocycles. The van der Waals surface area contributed by atoms with Crippen LogP contribution in [-0.4, -0.2) is 18.5 Å². The molecule has 0 N–H and O–H groups in total. The van der Waals surface area contributed by atoms with E-state index in [1.165, 1.54) is 0 Å². The topological polar surface area (TPSA) is 26.3 Å². The summed E-state index contributed by atoms with van der Waals surface area (Å²) in [5.41, 5.74) is 0. The average Bonchev–Trinajstić information content (AvgIpc) is 1.90. The van der Waals surface area contributed by atoms with Crippen molar-refractivity contribution >= 4 is 5.78 Å². The van der Waals surface area contributed by atoms with Crippen LogP contribution in [0.5, 0.6) is 0 Å². The first-order chi connectivity index (χ1) is 4.33. The molecule has 0 aromatic heterocycles. The number of carbonyl (C=O) groups excluding carboxylic acids is 1. The molecule has 0 aromatic carbocycles. The van der Waals surface area contributed by atoms with Crippen LogP contribution in [-0.2, 0) is 9.53 Å². The standard InChI is InChI=1S/C7H12O2/c1-2-7-4-3-6(8)5-9-7/h7H,2-5H2,1H3. The van der Waals surface area contributed by atoms with E-state index < -0.39 is 0 Å². The average molecular weight is 128 g/mol. The smallest absolute Gasteiger partial charge is 0.158 e. The number of rotatable bonds is 1. The van der Waals surface area contributed by atoms with Crippen LogP contribution in [0.4, 0.5) is 0 Å². The van der Waals surface area contributed by atoms with E-state index in [4.69, 9.17) is 4.74 Å². The van der Waals surface area contributed by atoms with Crippen LogP contribution in [0.15, 0.2) is 0 Å². The van der Waals surface area contributed by atoms with Crippen LogP contribution in [0.3, 0.4) is 0 Å². The van der Waals surface area contributed by atoms with Gasteiger partial charge in [-0.05, 0) is 12.8 Å². The molecule has 9 heavy (non-hydrogen) atoms. The highest BCUT2D eigenvalue weighted by Gasteiger charge is 2.16. The molecule has 0 aromatic rings.